The highest BCUT2D eigenvalue weighted by Gasteiger charge is 2.36. The summed E-state index contributed by atoms with van der Waals surface area (Å²) in [4.78, 5) is 35.7. The molecule has 1 atom stereocenters. The van der Waals surface area contributed by atoms with Crippen LogP contribution in [0, 0.1) is 0 Å². The lowest BCUT2D eigenvalue weighted by Crippen LogP contribution is -2.60. The van der Waals surface area contributed by atoms with E-state index in [2.05, 4.69) is 10.3 Å². The molecule has 1 N–H and O–H groups in total. The number of thiazole rings is 1. The van der Waals surface area contributed by atoms with Crippen molar-refractivity contribution >= 4 is 23.2 Å². The summed E-state index contributed by atoms with van der Waals surface area (Å²) in [7, 11) is 3.95. The van der Waals surface area contributed by atoms with Crippen LogP contribution in [0.15, 0.2) is 5.38 Å². The van der Waals surface area contributed by atoms with Gasteiger partial charge in [-0.2, -0.15) is 0 Å². The van der Waals surface area contributed by atoms with E-state index in [1.165, 1.54) is 11.3 Å². The van der Waals surface area contributed by atoms with Crippen LogP contribution in [-0.2, 0) is 11.3 Å². The van der Waals surface area contributed by atoms with Crippen molar-refractivity contribution in [3.05, 3.63) is 16.1 Å². The quantitative estimate of drug-likeness (QED) is 0.842. The Morgan fingerprint density at radius 2 is 2.08 bits per heavy atom. The van der Waals surface area contributed by atoms with Crippen molar-refractivity contribution in [2.45, 2.75) is 25.4 Å². The predicted molar refractivity (Wildman–Crippen MR) is 93.0 cm³/mol. The summed E-state index contributed by atoms with van der Waals surface area (Å²) in [5, 5.41) is 5.96. The Morgan fingerprint density at radius 1 is 1.33 bits per heavy atom. The van der Waals surface area contributed by atoms with Crippen molar-refractivity contribution in [2.75, 3.05) is 46.8 Å². The molecule has 1 aromatic rings. The third-order valence-electron chi connectivity index (χ3n) is 4.43. The fraction of sp³-hybridized carbons (Fsp3) is 0.688. The molecule has 2 amide bonds. The molecule has 1 aromatic heterocycles. The SMILES string of the molecule is CN(C)Cc1nc(C(=O)N2CCNCC2C(=O)N2CCCC2)cs1. The predicted octanol–water partition coefficient (Wildman–Crippen LogP) is 0.241. The molecule has 0 bridgehead atoms. The zero-order chi connectivity index (χ0) is 17.1. The Balaban J connectivity index is 1.73. The van der Waals surface area contributed by atoms with Crippen LogP contribution >= 0.6 is 11.3 Å². The van der Waals surface area contributed by atoms with Crippen molar-refractivity contribution in [2.24, 2.45) is 0 Å². The van der Waals surface area contributed by atoms with Gasteiger partial charge in [0.15, 0.2) is 0 Å². The highest BCUT2D eigenvalue weighted by Crippen LogP contribution is 2.18. The van der Waals surface area contributed by atoms with Crippen molar-refractivity contribution in [1.29, 1.82) is 0 Å². The summed E-state index contributed by atoms with van der Waals surface area (Å²) >= 11 is 1.49. The lowest BCUT2D eigenvalue weighted by atomic mass is 10.1. The highest BCUT2D eigenvalue weighted by molar-refractivity contribution is 7.09. The Hall–Kier alpha value is -1.51. The molecule has 132 valence electrons. The molecule has 0 radical (unpaired) electrons. The first-order valence-corrected chi connectivity index (χ1v) is 9.34. The number of piperazine rings is 1. The Labute approximate surface area is 146 Å². The van der Waals surface area contributed by atoms with Crippen LogP contribution < -0.4 is 5.32 Å². The van der Waals surface area contributed by atoms with Gasteiger partial charge in [-0.25, -0.2) is 4.98 Å². The molecule has 2 fully saturated rings. The Morgan fingerprint density at radius 3 is 2.79 bits per heavy atom. The van der Waals surface area contributed by atoms with E-state index in [1.807, 2.05) is 23.9 Å². The number of likely N-dealkylation sites (tertiary alicyclic amines) is 1. The van der Waals surface area contributed by atoms with Crippen LogP contribution in [0.5, 0.6) is 0 Å². The summed E-state index contributed by atoms with van der Waals surface area (Å²) < 4.78 is 0. The van der Waals surface area contributed by atoms with Crippen LogP contribution in [0.4, 0.5) is 0 Å². The van der Waals surface area contributed by atoms with E-state index in [1.54, 1.807) is 10.3 Å². The first-order chi connectivity index (χ1) is 11.6. The summed E-state index contributed by atoms with van der Waals surface area (Å²) in [6, 6.07) is -0.414. The standard InChI is InChI=1S/C16H25N5O2S/c1-19(2)10-14-18-12(11-24-14)15(22)21-8-5-17-9-13(21)16(23)20-6-3-4-7-20/h11,13,17H,3-10H2,1-2H3. The highest BCUT2D eigenvalue weighted by atomic mass is 32.1. The average Bonchev–Trinajstić information content (AvgIpc) is 3.24. The van der Waals surface area contributed by atoms with Gasteiger partial charge in [0.2, 0.25) is 5.91 Å². The third-order valence-corrected chi connectivity index (χ3v) is 5.26. The number of carbonyl (C=O) groups excluding carboxylic acids is 2. The maximum atomic E-state index is 12.9. The number of nitrogens with one attached hydrogen (secondary N) is 1. The molecule has 0 aromatic carbocycles. The molecule has 7 nitrogen and oxygen atoms in total. The molecule has 3 rings (SSSR count). The van der Waals surface area contributed by atoms with E-state index < -0.39 is 6.04 Å². The third kappa shape index (κ3) is 3.76. The van der Waals surface area contributed by atoms with Crippen LogP contribution in [-0.4, -0.2) is 84.4 Å². The molecule has 0 aliphatic carbocycles. The van der Waals surface area contributed by atoms with Gasteiger partial charge in [0, 0.05) is 44.6 Å². The number of aromatic nitrogens is 1. The second kappa shape index (κ2) is 7.58. The lowest BCUT2D eigenvalue weighted by molar-refractivity contribution is -0.135. The van der Waals surface area contributed by atoms with Crippen LogP contribution in [0.2, 0.25) is 0 Å². The molecular formula is C16H25N5O2S. The molecule has 8 heteroatoms. The van der Waals surface area contributed by atoms with Gasteiger partial charge in [0.25, 0.3) is 5.91 Å². The van der Waals surface area contributed by atoms with Crippen LogP contribution in [0.3, 0.4) is 0 Å². The van der Waals surface area contributed by atoms with Crippen molar-refractivity contribution in [1.82, 2.24) is 25.0 Å². The molecule has 3 heterocycles. The topological polar surface area (TPSA) is 68.8 Å². The van der Waals surface area contributed by atoms with Crippen molar-refractivity contribution < 1.29 is 9.59 Å². The van der Waals surface area contributed by atoms with E-state index in [0.717, 1.165) is 37.5 Å². The normalized spacial score (nSPS) is 21.5. The molecule has 2 aliphatic rings. The van der Waals surface area contributed by atoms with Gasteiger partial charge in [-0.1, -0.05) is 0 Å². The van der Waals surface area contributed by atoms with Gasteiger partial charge in [-0.15, -0.1) is 11.3 Å². The van der Waals surface area contributed by atoms with Gasteiger partial charge in [0.1, 0.15) is 16.7 Å². The Kier molecular flexibility index (Phi) is 5.47. The molecule has 0 spiro atoms. The molecule has 24 heavy (non-hydrogen) atoms. The average molecular weight is 351 g/mol. The molecule has 2 aliphatic heterocycles. The van der Waals surface area contributed by atoms with E-state index in [4.69, 9.17) is 0 Å². The number of rotatable bonds is 4. The van der Waals surface area contributed by atoms with Gasteiger partial charge >= 0.3 is 0 Å². The van der Waals surface area contributed by atoms with E-state index >= 15 is 0 Å². The van der Waals surface area contributed by atoms with E-state index in [-0.39, 0.29) is 11.8 Å². The molecule has 2 saturated heterocycles. The van der Waals surface area contributed by atoms with Gasteiger partial charge in [0.05, 0.1) is 0 Å². The number of amides is 2. The molecule has 0 saturated carbocycles. The summed E-state index contributed by atoms with van der Waals surface area (Å²) in [5.41, 5.74) is 0.456. The largest absolute Gasteiger partial charge is 0.341 e. The zero-order valence-corrected chi connectivity index (χ0v) is 15.1. The minimum atomic E-state index is -0.414. The van der Waals surface area contributed by atoms with Crippen molar-refractivity contribution in [3.63, 3.8) is 0 Å². The Bertz CT molecular complexity index is 597. The monoisotopic (exact) mass is 351 g/mol. The second-order valence-corrected chi connectivity index (χ2v) is 7.56. The smallest absolute Gasteiger partial charge is 0.274 e. The summed E-state index contributed by atoms with van der Waals surface area (Å²) in [6.45, 7) is 4.11. The minimum absolute atomic E-state index is 0.0665. The maximum absolute atomic E-state index is 12.9. The zero-order valence-electron chi connectivity index (χ0n) is 14.3. The van der Waals surface area contributed by atoms with Gasteiger partial charge in [-0.3, -0.25) is 9.59 Å². The first-order valence-electron chi connectivity index (χ1n) is 8.46. The summed E-state index contributed by atoms with van der Waals surface area (Å²) in [6.07, 6.45) is 2.11. The fourth-order valence-corrected chi connectivity index (χ4v) is 4.10. The molecule has 1 unspecified atom stereocenters. The van der Waals surface area contributed by atoms with Crippen LogP contribution in [0.25, 0.3) is 0 Å². The van der Waals surface area contributed by atoms with E-state index in [0.29, 0.717) is 25.3 Å². The number of hydrogen-bond acceptors (Lipinski definition) is 6. The van der Waals surface area contributed by atoms with Gasteiger partial charge < -0.3 is 20.0 Å². The maximum Gasteiger partial charge on any atom is 0.274 e. The number of carbonyl (C=O) groups is 2. The minimum Gasteiger partial charge on any atom is -0.341 e. The van der Waals surface area contributed by atoms with Crippen molar-refractivity contribution in [3.8, 4) is 0 Å². The van der Waals surface area contributed by atoms with E-state index in [9.17, 15) is 9.59 Å². The van der Waals surface area contributed by atoms with Crippen LogP contribution in [0.1, 0.15) is 28.3 Å². The lowest BCUT2D eigenvalue weighted by Gasteiger charge is -2.36. The summed E-state index contributed by atoms with van der Waals surface area (Å²) in [5.74, 6) is -0.0629. The number of nitrogens with zero attached hydrogens (tertiary/aromatic N) is 4. The fourth-order valence-electron chi connectivity index (χ4n) is 3.22. The number of hydrogen-bond donors (Lipinski definition) is 1. The second-order valence-electron chi connectivity index (χ2n) is 6.62. The molecular weight excluding hydrogens is 326 g/mol. The van der Waals surface area contributed by atoms with Gasteiger partial charge in [-0.05, 0) is 26.9 Å². The first kappa shape index (κ1) is 17.3.